The van der Waals surface area contributed by atoms with E-state index in [1.807, 2.05) is 0 Å². The molecule has 0 bridgehead atoms. The number of rotatable bonds is 7. The van der Waals surface area contributed by atoms with Gasteiger partial charge in [-0.3, -0.25) is 19.5 Å². The highest BCUT2D eigenvalue weighted by Gasteiger charge is 2.34. The molecule has 1 N–H and O–H groups in total. The zero-order chi connectivity index (χ0) is 30.3. The van der Waals surface area contributed by atoms with Crippen molar-refractivity contribution in [3.63, 3.8) is 0 Å². The predicted molar refractivity (Wildman–Crippen MR) is 154 cm³/mol. The van der Waals surface area contributed by atoms with Crippen molar-refractivity contribution in [1.29, 1.82) is 0 Å². The van der Waals surface area contributed by atoms with Crippen molar-refractivity contribution in [2.75, 3.05) is 6.61 Å². The number of fused-ring (bicyclic) bond motifs is 1. The van der Waals surface area contributed by atoms with Crippen LogP contribution >= 0.6 is 22.9 Å². The SMILES string of the molecule is CCOC(=O)C1=C(C)N=c2s/c(=C/c3ccc(-c4ccc(C(=O)O)c(Cl)c4)o3)c(=O)n2[C@@H]1c1ccc(C)c([N+](=O)[O-])c1. The standard InChI is InChI=1S/C29H22ClN3O8S/c1-4-40-28(37)24-15(3)31-29-32(25(24)17-6-5-14(2)21(12-17)33(38)39)26(34)23(42-29)13-18-8-10-22(41-18)16-7-9-19(27(35)36)20(30)11-16/h5-13,25H,4H2,1-3H3,(H,35,36)/b23-13+/t25-/m1/s1. The van der Waals surface area contributed by atoms with Crippen molar-refractivity contribution >= 4 is 46.6 Å². The smallest absolute Gasteiger partial charge is 0.338 e. The van der Waals surface area contributed by atoms with E-state index in [9.17, 15) is 29.6 Å². The van der Waals surface area contributed by atoms with Crippen molar-refractivity contribution < 1.29 is 28.8 Å². The molecule has 13 heteroatoms. The Morgan fingerprint density at radius 2 is 1.98 bits per heavy atom. The number of carboxylic acid groups (broad SMARTS) is 1. The molecular formula is C29H22ClN3O8S. The van der Waals surface area contributed by atoms with Crippen LogP contribution in [0.5, 0.6) is 0 Å². The number of ether oxygens (including phenoxy) is 1. The molecule has 0 aliphatic carbocycles. The van der Waals surface area contributed by atoms with E-state index in [1.165, 1.54) is 28.8 Å². The van der Waals surface area contributed by atoms with Gasteiger partial charge in [0.15, 0.2) is 4.80 Å². The van der Waals surface area contributed by atoms with Crippen molar-refractivity contribution in [2.45, 2.75) is 26.8 Å². The summed E-state index contributed by atoms with van der Waals surface area (Å²) in [6.45, 7) is 4.97. The fraction of sp³-hybridized carbons (Fsp3) is 0.172. The summed E-state index contributed by atoms with van der Waals surface area (Å²) < 4.78 is 12.8. The summed E-state index contributed by atoms with van der Waals surface area (Å²) in [7, 11) is 0. The van der Waals surface area contributed by atoms with Crippen molar-refractivity contribution in [3.8, 4) is 11.3 Å². The number of furan rings is 1. The fourth-order valence-electron chi connectivity index (χ4n) is 4.66. The zero-order valence-corrected chi connectivity index (χ0v) is 24.0. The van der Waals surface area contributed by atoms with Gasteiger partial charge in [-0.1, -0.05) is 41.1 Å². The number of thiazole rings is 1. The normalized spacial score (nSPS) is 14.9. The molecule has 0 spiro atoms. The lowest BCUT2D eigenvalue weighted by molar-refractivity contribution is -0.385. The van der Waals surface area contributed by atoms with Crippen LogP contribution in [-0.4, -0.2) is 33.1 Å². The zero-order valence-electron chi connectivity index (χ0n) is 22.4. The van der Waals surface area contributed by atoms with Crippen LogP contribution in [0.2, 0.25) is 5.02 Å². The number of hydrogen-bond donors (Lipinski definition) is 1. The summed E-state index contributed by atoms with van der Waals surface area (Å²) in [5.74, 6) is -1.10. The number of aromatic nitrogens is 1. The quantitative estimate of drug-likeness (QED) is 0.181. The molecular weight excluding hydrogens is 586 g/mol. The van der Waals surface area contributed by atoms with Crippen LogP contribution in [0.3, 0.4) is 0 Å². The molecule has 5 rings (SSSR count). The molecule has 3 heterocycles. The van der Waals surface area contributed by atoms with Crippen LogP contribution < -0.4 is 14.9 Å². The molecule has 0 fully saturated rings. The molecule has 42 heavy (non-hydrogen) atoms. The Balaban J connectivity index is 1.63. The average Bonchev–Trinajstić information content (AvgIpc) is 3.52. The number of nitro benzene ring substituents is 1. The van der Waals surface area contributed by atoms with Crippen molar-refractivity contribution in [1.82, 2.24) is 4.57 Å². The Morgan fingerprint density at radius 3 is 2.64 bits per heavy atom. The Hall–Kier alpha value is -4.81. The number of carboxylic acids is 1. The number of benzene rings is 2. The van der Waals surface area contributed by atoms with Crippen LogP contribution in [0, 0.1) is 17.0 Å². The molecule has 2 aromatic carbocycles. The number of nitro groups is 1. The van der Waals surface area contributed by atoms with E-state index >= 15 is 0 Å². The van der Waals surface area contributed by atoms with Gasteiger partial charge in [-0.05, 0) is 50.6 Å². The van der Waals surface area contributed by atoms with Gasteiger partial charge in [0.25, 0.3) is 11.2 Å². The number of esters is 1. The second-order valence-electron chi connectivity index (χ2n) is 9.31. The van der Waals surface area contributed by atoms with E-state index in [4.69, 9.17) is 20.8 Å². The summed E-state index contributed by atoms with van der Waals surface area (Å²) in [6.07, 6.45) is 1.53. The number of carbonyl (C=O) groups is 2. The monoisotopic (exact) mass is 607 g/mol. The van der Waals surface area contributed by atoms with Gasteiger partial charge in [0.1, 0.15) is 11.5 Å². The van der Waals surface area contributed by atoms with Gasteiger partial charge < -0.3 is 14.3 Å². The molecule has 214 valence electrons. The Labute approximate surface area is 246 Å². The molecule has 11 nitrogen and oxygen atoms in total. The van der Waals surface area contributed by atoms with Crippen LogP contribution in [0.1, 0.15) is 47.1 Å². The van der Waals surface area contributed by atoms with Crippen molar-refractivity contribution in [2.24, 2.45) is 4.99 Å². The topological polar surface area (TPSA) is 154 Å². The molecule has 0 saturated heterocycles. The first-order valence-corrected chi connectivity index (χ1v) is 13.8. The predicted octanol–water partition coefficient (Wildman–Crippen LogP) is 4.63. The molecule has 4 aromatic rings. The Morgan fingerprint density at radius 1 is 1.21 bits per heavy atom. The number of halogens is 1. The van der Waals surface area contributed by atoms with Crippen LogP contribution in [0.15, 0.2) is 74.0 Å². The fourth-order valence-corrected chi connectivity index (χ4v) is 5.94. The number of nitrogens with zero attached hydrogens (tertiary/aromatic N) is 3. The van der Waals surface area contributed by atoms with Gasteiger partial charge in [-0.2, -0.15) is 0 Å². The summed E-state index contributed by atoms with van der Waals surface area (Å²) in [4.78, 5) is 54.1. The Bertz CT molecular complexity index is 2000. The van der Waals surface area contributed by atoms with E-state index < -0.39 is 28.5 Å². The van der Waals surface area contributed by atoms with E-state index in [-0.39, 0.29) is 33.0 Å². The second-order valence-corrected chi connectivity index (χ2v) is 10.7. The lowest BCUT2D eigenvalue weighted by Crippen LogP contribution is -2.40. The number of hydrogen-bond acceptors (Lipinski definition) is 9. The molecule has 0 radical (unpaired) electrons. The van der Waals surface area contributed by atoms with Gasteiger partial charge >= 0.3 is 11.9 Å². The lowest BCUT2D eigenvalue weighted by Gasteiger charge is -2.24. The minimum atomic E-state index is -1.15. The van der Waals surface area contributed by atoms with Gasteiger partial charge in [0, 0.05) is 23.3 Å². The average molecular weight is 608 g/mol. The summed E-state index contributed by atoms with van der Waals surface area (Å²) in [5, 5.41) is 21.0. The highest BCUT2D eigenvalue weighted by atomic mass is 35.5. The Kier molecular flexibility index (Phi) is 7.67. The third kappa shape index (κ3) is 5.17. The number of aromatic carboxylic acids is 1. The third-order valence-electron chi connectivity index (χ3n) is 6.65. The molecule has 0 saturated carbocycles. The largest absolute Gasteiger partial charge is 0.478 e. The number of allylic oxidation sites excluding steroid dienone is 1. The van der Waals surface area contributed by atoms with Gasteiger partial charge in [-0.15, -0.1) is 0 Å². The van der Waals surface area contributed by atoms with E-state index in [0.717, 1.165) is 11.3 Å². The summed E-state index contributed by atoms with van der Waals surface area (Å²) in [6, 6.07) is 11.3. The van der Waals surface area contributed by atoms with Gasteiger partial charge in [0.2, 0.25) is 0 Å². The van der Waals surface area contributed by atoms with Gasteiger partial charge in [-0.25, -0.2) is 14.6 Å². The maximum atomic E-state index is 13.8. The second kappa shape index (κ2) is 11.2. The van der Waals surface area contributed by atoms with Crippen LogP contribution in [-0.2, 0) is 9.53 Å². The number of carbonyl (C=O) groups excluding carboxylic acids is 1. The third-order valence-corrected chi connectivity index (χ3v) is 7.94. The lowest BCUT2D eigenvalue weighted by atomic mass is 9.94. The minimum Gasteiger partial charge on any atom is -0.478 e. The minimum absolute atomic E-state index is 0.0424. The molecule has 0 unspecified atom stereocenters. The molecule has 1 atom stereocenters. The molecule has 1 aliphatic rings. The van der Waals surface area contributed by atoms with E-state index in [2.05, 4.69) is 4.99 Å². The van der Waals surface area contributed by atoms with E-state index in [1.54, 1.807) is 51.1 Å². The van der Waals surface area contributed by atoms with Crippen LogP contribution in [0.4, 0.5) is 5.69 Å². The highest BCUT2D eigenvalue weighted by molar-refractivity contribution is 7.07. The summed E-state index contributed by atoms with van der Waals surface area (Å²) >= 11 is 7.17. The maximum absolute atomic E-state index is 13.8. The molecule has 2 aromatic heterocycles. The first-order chi connectivity index (χ1) is 20.0. The molecule has 0 amide bonds. The first kappa shape index (κ1) is 28.7. The van der Waals surface area contributed by atoms with E-state index in [0.29, 0.717) is 38.7 Å². The highest BCUT2D eigenvalue weighted by Crippen LogP contribution is 2.33. The van der Waals surface area contributed by atoms with Gasteiger partial charge in [0.05, 0.1) is 44.0 Å². The summed E-state index contributed by atoms with van der Waals surface area (Å²) in [5.41, 5.74) is 1.11. The van der Waals surface area contributed by atoms with Crippen LogP contribution in [0.25, 0.3) is 17.4 Å². The maximum Gasteiger partial charge on any atom is 0.338 e. The van der Waals surface area contributed by atoms with Crippen molar-refractivity contribution in [3.05, 3.63) is 117 Å². The first-order valence-electron chi connectivity index (χ1n) is 12.6. The molecule has 1 aliphatic heterocycles. The number of aryl methyl sites for hydroxylation is 1.